The van der Waals surface area contributed by atoms with Gasteiger partial charge in [-0.3, -0.25) is 9.59 Å². The van der Waals surface area contributed by atoms with Crippen molar-refractivity contribution in [3.63, 3.8) is 0 Å². The number of carboxylic acids is 1. The van der Waals surface area contributed by atoms with Gasteiger partial charge in [-0.05, 0) is 49.9 Å². The van der Waals surface area contributed by atoms with E-state index >= 15 is 0 Å². The maximum absolute atomic E-state index is 12.2. The summed E-state index contributed by atoms with van der Waals surface area (Å²) in [6.07, 6.45) is 3.22. The minimum atomic E-state index is -3.37. The zero-order chi connectivity index (χ0) is 17.6. The summed E-state index contributed by atoms with van der Waals surface area (Å²) in [6.45, 7) is 3.98. The largest absolute Gasteiger partial charge is 0.481 e. The number of hydrogen-bond acceptors (Lipinski definition) is 4. The zero-order valence-electron chi connectivity index (χ0n) is 13.7. The molecule has 0 aliphatic rings. The van der Waals surface area contributed by atoms with Gasteiger partial charge in [0.05, 0.1) is 4.90 Å². The van der Waals surface area contributed by atoms with Crippen LogP contribution in [0.15, 0.2) is 17.0 Å². The molecule has 7 heteroatoms. The van der Waals surface area contributed by atoms with Gasteiger partial charge in [0.2, 0.25) is 0 Å². The summed E-state index contributed by atoms with van der Waals surface area (Å²) in [7, 11) is -3.37. The van der Waals surface area contributed by atoms with Crippen molar-refractivity contribution >= 4 is 21.7 Å². The lowest BCUT2D eigenvalue weighted by Gasteiger charge is -2.12. The van der Waals surface area contributed by atoms with Gasteiger partial charge in [-0.25, -0.2) is 8.42 Å². The number of carboxylic acid groups (broad SMARTS) is 1. The molecule has 1 rings (SSSR count). The Kier molecular flexibility index (Phi) is 6.75. The van der Waals surface area contributed by atoms with Crippen LogP contribution in [0, 0.1) is 13.8 Å². The number of amides is 1. The van der Waals surface area contributed by atoms with Crippen LogP contribution in [-0.2, 0) is 14.6 Å². The molecule has 1 aromatic rings. The molecule has 0 spiro atoms. The van der Waals surface area contributed by atoms with Crippen LogP contribution in [0.3, 0.4) is 0 Å². The number of rotatable bonds is 8. The Morgan fingerprint density at radius 1 is 1.13 bits per heavy atom. The highest BCUT2D eigenvalue weighted by Gasteiger charge is 2.16. The van der Waals surface area contributed by atoms with Crippen LogP contribution in [0.1, 0.15) is 47.2 Å². The van der Waals surface area contributed by atoms with E-state index in [1.54, 1.807) is 19.9 Å². The molecule has 128 valence electrons. The van der Waals surface area contributed by atoms with Gasteiger partial charge in [-0.2, -0.15) is 0 Å². The highest BCUT2D eigenvalue weighted by atomic mass is 32.2. The molecule has 0 fully saturated rings. The third-order valence-electron chi connectivity index (χ3n) is 3.67. The molecular formula is C16H23NO5S. The molecule has 0 aliphatic carbocycles. The van der Waals surface area contributed by atoms with Crippen molar-refractivity contribution in [2.75, 3.05) is 12.8 Å². The van der Waals surface area contributed by atoms with Crippen molar-refractivity contribution in [3.05, 3.63) is 28.8 Å². The van der Waals surface area contributed by atoms with E-state index in [4.69, 9.17) is 5.11 Å². The standard InChI is InChI=1S/C16H23NO5S/c1-11-9-13(23(3,21)22)10-14(12(11)2)16(20)17-8-6-4-5-7-15(18)19/h9-10H,4-8H2,1-3H3,(H,17,20)(H,18,19). The monoisotopic (exact) mass is 341 g/mol. The number of aliphatic carboxylic acids is 1. The predicted octanol–water partition coefficient (Wildman–Crippen LogP) is 2.08. The van der Waals surface area contributed by atoms with Crippen LogP contribution >= 0.6 is 0 Å². The summed E-state index contributed by atoms with van der Waals surface area (Å²) >= 11 is 0. The second kappa shape index (κ2) is 8.10. The molecule has 1 amide bonds. The molecule has 0 radical (unpaired) electrons. The van der Waals surface area contributed by atoms with Gasteiger partial charge in [0, 0.05) is 24.8 Å². The molecule has 0 unspecified atom stereocenters. The molecule has 0 saturated heterocycles. The van der Waals surface area contributed by atoms with Gasteiger partial charge in [0.15, 0.2) is 9.84 Å². The van der Waals surface area contributed by atoms with Crippen LogP contribution in [-0.4, -0.2) is 38.2 Å². The fourth-order valence-electron chi connectivity index (χ4n) is 2.15. The van der Waals surface area contributed by atoms with E-state index in [1.165, 1.54) is 6.07 Å². The van der Waals surface area contributed by atoms with Crippen molar-refractivity contribution in [1.29, 1.82) is 0 Å². The Morgan fingerprint density at radius 3 is 2.35 bits per heavy atom. The number of aryl methyl sites for hydroxylation is 1. The number of hydrogen-bond donors (Lipinski definition) is 2. The van der Waals surface area contributed by atoms with E-state index in [2.05, 4.69) is 5.32 Å². The van der Waals surface area contributed by atoms with Gasteiger partial charge in [0.25, 0.3) is 5.91 Å². The summed E-state index contributed by atoms with van der Waals surface area (Å²) in [6, 6.07) is 2.96. The third-order valence-corrected chi connectivity index (χ3v) is 4.76. The van der Waals surface area contributed by atoms with Crippen molar-refractivity contribution in [1.82, 2.24) is 5.32 Å². The van der Waals surface area contributed by atoms with E-state index < -0.39 is 15.8 Å². The topological polar surface area (TPSA) is 101 Å². The molecule has 2 N–H and O–H groups in total. The average Bonchev–Trinajstić information content (AvgIpc) is 2.43. The molecule has 6 nitrogen and oxygen atoms in total. The summed E-state index contributed by atoms with van der Waals surface area (Å²) in [5.41, 5.74) is 1.86. The van der Waals surface area contributed by atoms with Crippen LogP contribution in [0.25, 0.3) is 0 Å². The van der Waals surface area contributed by atoms with E-state index in [0.717, 1.165) is 17.4 Å². The number of carbonyl (C=O) groups is 2. The Balaban J connectivity index is 2.69. The van der Waals surface area contributed by atoms with Crippen molar-refractivity contribution in [2.45, 2.75) is 44.4 Å². The molecule has 0 aliphatic heterocycles. The minimum Gasteiger partial charge on any atom is -0.481 e. The summed E-state index contributed by atoms with van der Waals surface area (Å²) in [5.74, 6) is -1.13. The highest BCUT2D eigenvalue weighted by molar-refractivity contribution is 7.90. The average molecular weight is 341 g/mol. The van der Waals surface area contributed by atoms with Gasteiger partial charge in [0.1, 0.15) is 0 Å². The summed E-state index contributed by atoms with van der Waals surface area (Å²) in [5, 5.41) is 11.3. The van der Waals surface area contributed by atoms with E-state index in [9.17, 15) is 18.0 Å². The van der Waals surface area contributed by atoms with Crippen molar-refractivity contribution < 1.29 is 23.1 Å². The number of benzene rings is 1. The Labute approximate surface area is 136 Å². The van der Waals surface area contributed by atoms with Gasteiger partial charge in [-0.15, -0.1) is 0 Å². The van der Waals surface area contributed by atoms with E-state index in [-0.39, 0.29) is 17.2 Å². The van der Waals surface area contributed by atoms with Gasteiger partial charge in [-0.1, -0.05) is 6.42 Å². The van der Waals surface area contributed by atoms with Crippen LogP contribution in [0.2, 0.25) is 0 Å². The number of sulfone groups is 1. The third kappa shape index (κ3) is 6.02. The molecule has 23 heavy (non-hydrogen) atoms. The number of nitrogens with one attached hydrogen (secondary N) is 1. The van der Waals surface area contributed by atoms with Crippen LogP contribution < -0.4 is 5.32 Å². The maximum Gasteiger partial charge on any atom is 0.303 e. The minimum absolute atomic E-state index is 0.128. The zero-order valence-corrected chi connectivity index (χ0v) is 14.5. The fraction of sp³-hybridized carbons (Fsp3) is 0.500. The Hall–Kier alpha value is -1.89. The first-order valence-corrected chi connectivity index (χ1v) is 9.33. The van der Waals surface area contributed by atoms with E-state index in [1.807, 2.05) is 0 Å². The first-order valence-electron chi connectivity index (χ1n) is 7.44. The molecule has 0 bridgehead atoms. The SMILES string of the molecule is Cc1cc(S(C)(=O)=O)cc(C(=O)NCCCCCC(=O)O)c1C. The van der Waals surface area contributed by atoms with Gasteiger partial charge >= 0.3 is 5.97 Å². The molecule has 1 aromatic carbocycles. The molecule has 0 atom stereocenters. The van der Waals surface area contributed by atoms with E-state index in [0.29, 0.717) is 31.4 Å². The molecular weight excluding hydrogens is 318 g/mol. The number of carbonyl (C=O) groups excluding carboxylic acids is 1. The van der Waals surface area contributed by atoms with Crippen LogP contribution in [0.5, 0.6) is 0 Å². The highest BCUT2D eigenvalue weighted by Crippen LogP contribution is 2.20. The Bertz CT molecular complexity index is 695. The second-order valence-corrected chi connectivity index (χ2v) is 7.66. The molecule has 0 aromatic heterocycles. The molecule has 0 saturated carbocycles. The van der Waals surface area contributed by atoms with Crippen LogP contribution in [0.4, 0.5) is 0 Å². The second-order valence-electron chi connectivity index (χ2n) is 5.65. The first-order chi connectivity index (χ1) is 10.6. The lowest BCUT2D eigenvalue weighted by Crippen LogP contribution is -2.25. The summed E-state index contributed by atoms with van der Waals surface area (Å²) < 4.78 is 23.4. The first kappa shape index (κ1) is 19.2. The van der Waals surface area contributed by atoms with Crippen molar-refractivity contribution in [3.8, 4) is 0 Å². The van der Waals surface area contributed by atoms with Crippen molar-refractivity contribution in [2.24, 2.45) is 0 Å². The summed E-state index contributed by atoms with van der Waals surface area (Å²) in [4.78, 5) is 22.8. The smallest absolute Gasteiger partial charge is 0.303 e. The number of unbranched alkanes of at least 4 members (excludes halogenated alkanes) is 2. The normalized spacial score (nSPS) is 11.3. The van der Waals surface area contributed by atoms with Gasteiger partial charge < -0.3 is 10.4 Å². The Morgan fingerprint density at radius 2 is 1.78 bits per heavy atom. The quantitative estimate of drug-likeness (QED) is 0.705. The predicted molar refractivity (Wildman–Crippen MR) is 87.5 cm³/mol. The maximum atomic E-state index is 12.2. The fourth-order valence-corrected chi connectivity index (χ4v) is 2.87. The molecule has 0 heterocycles. The lowest BCUT2D eigenvalue weighted by molar-refractivity contribution is -0.137. The lowest BCUT2D eigenvalue weighted by atomic mass is 10.0.